The lowest BCUT2D eigenvalue weighted by Gasteiger charge is -2.34. The van der Waals surface area contributed by atoms with E-state index >= 15 is 0 Å². The lowest BCUT2D eigenvalue weighted by atomic mass is 9.96. The highest BCUT2D eigenvalue weighted by atomic mass is 16.2. The molecule has 0 unspecified atom stereocenters. The van der Waals surface area contributed by atoms with Crippen molar-refractivity contribution in [2.45, 2.75) is 52.4 Å². The van der Waals surface area contributed by atoms with Gasteiger partial charge in [0.15, 0.2) is 0 Å². The zero-order valence-corrected chi connectivity index (χ0v) is 15.9. The number of amides is 2. The Bertz CT molecular complexity index is 571. The molecular formula is C21H33N3O. The fraction of sp³-hybridized carbons (Fsp3) is 0.667. The van der Waals surface area contributed by atoms with Crippen LogP contribution < -0.4 is 5.32 Å². The number of benzene rings is 1. The minimum absolute atomic E-state index is 0.0573. The van der Waals surface area contributed by atoms with E-state index in [2.05, 4.69) is 35.3 Å². The summed E-state index contributed by atoms with van der Waals surface area (Å²) >= 11 is 0. The van der Waals surface area contributed by atoms with Crippen LogP contribution in [-0.4, -0.2) is 48.6 Å². The van der Waals surface area contributed by atoms with E-state index in [-0.39, 0.29) is 6.03 Å². The summed E-state index contributed by atoms with van der Waals surface area (Å²) in [4.78, 5) is 17.2. The van der Waals surface area contributed by atoms with Crippen molar-refractivity contribution in [2.24, 2.45) is 5.92 Å². The lowest BCUT2D eigenvalue weighted by Crippen LogP contribution is -2.43. The van der Waals surface area contributed by atoms with E-state index in [1.807, 2.05) is 11.8 Å². The molecular weight excluding hydrogens is 310 g/mol. The third-order valence-corrected chi connectivity index (χ3v) is 5.75. The van der Waals surface area contributed by atoms with Crippen molar-refractivity contribution in [2.75, 3.05) is 38.0 Å². The molecule has 4 nitrogen and oxygen atoms in total. The molecule has 2 heterocycles. The van der Waals surface area contributed by atoms with Crippen molar-refractivity contribution in [3.05, 3.63) is 29.3 Å². The molecule has 0 radical (unpaired) electrons. The first-order valence-electron chi connectivity index (χ1n) is 9.97. The maximum Gasteiger partial charge on any atom is 0.321 e. The van der Waals surface area contributed by atoms with E-state index < -0.39 is 0 Å². The van der Waals surface area contributed by atoms with Crippen LogP contribution in [0.5, 0.6) is 0 Å². The predicted octanol–water partition coefficient (Wildman–Crippen LogP) is 4.42. The van der Waals surface area contributed by atoms with Crippen molar-refractivity contribution in [3.63, 3.8) is 0 Å². The summed E-state index contributed by atoms with van der Waals surface area (Å²) < 4.78 is 0. The average Bonchev–Trinajstić information content (AvgIpc) is 2.87. The highest BCUT2D eigenvalue weighted by Crippen LogP contribution is 2.22. The third-order valence-electron chi connectivity index (χ3n) is 5.75. The topological polar surface area (TPSA) is 35.6 Å². The summed E-state index contributed by atoms with van der Waals surface area (Å²) in [6.07, 6.45) is 7.78. The first kappa shape index (κ1) is 18.2. The van der Waals surface area contributed by atoms with E-state index in [1.165, 1.54) is 50.9 Å². The Morgan fingerprint density at radius 2 is 1.72 bits per heavy atom. The van der Waals surface area contributed by atoms with Gasteiger partial charge < -0.3 is 15.1 Å². The smallest absolute Gasteiger partial charge is 0.321 e. The minimum Gasteiger partial charge on any atom is -0.325 e. The SMILES string of the molecule is Cc1ccc(C)c(NC(=O)N2CCC(CN3CCCCCC3)CC2)c1. The molecule has 3 rings (SSSR count). The van der Waals surface area contributed by atoms with Crippen molar-refractivity contribution >= 4 is 11.7 Å². The van der Waals surface area contributed by atoms with E-state index in [0.717, 1.165) is 43.1 Å². The molecule has 1 N–H and O–H groups in total. The molecule has 0 atom stereocenters. The van der Waals surface area contributed by atoms with Crippen molar-refractivity contribution < 1.29 is 4.79 Å². The molecule has 0 aromatic heterocycles. The molecule has 0 spiro atoms. The summed E-state index contributed by atoms with van der Waals surface area (Å²) in [5.41, 5.74) is 3.24. The van der Waals surface area contributed by atoms with Gasteiger partial charge in [-0.2, -0.15) is 0 Å². The van der Waals surface area contributed by atoms with Crippen LogP contribution in [0.1, 0.15) is 49.7 Å². The largest absolute Gasteiger partial charge is 0.325 e. The third kappa shape index (κ3) is 5.21. The Labute approximate surface area is 152 Å². The van der Waals surface area contributed by atoms with Crippen LogP contribution in [0.4, 0.5) is 10.5 Å². The van der Waals surface area contributed by atoms with Gasteiger partial charge in [-0.25, -0.2) is 4.79 Å². The van der Waals surface area contributed by atoms with Gasteiger partial charge in [0, 0.05) is 25.3 Å². The Morgan fingerprint density at radius 1 is 1.04 bits per heavy atom. The van der Waals surface area contributed by atoms with Crippen molar-refractivity contribution in [3.8, 4) is 0 Å². The lowest BCUT2D eigenvalue weighted by molar-refractivity contribution is 0.155. The Morgan fingerprint density at radius 3 is 2.40 bits per heavy atom. The normalized spacial score (nSPS) is 20.3. The Hall–Kier alpha value is -1.55. The molecule has 2 amide bonds. The van der Waals surface area contributed by atoms with Crippen molar-refractivity contribution in [1.29, 1.82) is 0 Å². The number of nitrogens with one attached hydrogen (secondary N) is 1. The number of likely N-dealkylation sites (tertiary alicyclic amines) is 2. The van der Waals surface area contributed by atoms with Crippen LogP contribution in [0.2, 0.25) is 0 Å². The highest BCUT2D eigenvalue weighted by Gasteiger charge is 2.24. The Kier molecular flexibility index (Phi) is 6.35. The second kappa shape index (κ2) is 8.70. The number of hydrogen-bond donors (Lipinski definition) is 1. The molecule has 4 heteroatoms. The zero-order valence-electron chi connectivity index (χ0n) is 15.9. The average molecular weight is 344 g/mol. The standard InChI is InChI=1S/C21H33N3O/c1-17-7-8-18(2)20(15-17)22-21(25)24-13-9-19(10-14-24)16-23-11-5-3-4-6-12-23/h7-8,15,19H,3-6,9-14,16H2,1-2H3,(H,22,25). The highest BCUT2D eigenvalue weighted by molar-refractivity contribution is 5.90. The monoisotopic (exact) mass is 343 g/mol. The number of anilines is 1. The van der Waals surface area contributed by atoms with E-state index in [0.29, 0.717) is 0 Å². The van der Waals surface area contributed by atoms with Gasteiger partial charge in [0.05, 0.1) is 0 Å². The van der Waals surface area contributed by atoms with Crippen LogP contribution in [0.15, 0.2) is 18.2 Å². The van der Waals surface area contributed by atoms with Gasteiger partial charge in [-0.15, -0.1) is 0 Å². The number of nitrogens with zero attached hydrogens (tertiary/aromatic N) is 2. The van der Waals surface area contributed by atoms with Gasteiger partial charge in [-0.1, -0.05) is 25.0 Å². The molecule has 138 valence electrons. The number of carbonyl (C=O) groups excluding carboxylic acids is 1. The first-order valence-corrected chi connectivity index (χ1v) is 9.97. The minimum atomic E-state index is 0.0573. The summed E-state index contributed by atoms with van der Waals surface area (Å²) in [6.45, 7) is 9.64. The zero-order chi connectivity index (χ0) is 17.6. The maximum atomic E-state index is 12.6. The van der Waals surface area contributed by atoms with E-state index in [9.17, 15) is 4.79 Å². The van der Waals surface area contributed by atoms with Crippen LogP contribution >= 0.6 is 0 Å². The Balaban J connectivity index is 1.46. The molecule has 0 saturated carbocycles. The second-order valence-corrected chi connectivity index (χ2v) is 7.89. The summed E-state index contributed by atoms with van der Waals surface area (Å²) in [6, 6.07) is 6.26. The fourth-order valence-corrected chi connectivity index (χ4v) is 4.07. The van der Waals surface area contributed by atoms with Crippen LogP contribution in [-0.2, 0) is 0 Å². The summed E-state index contributed by atoms with van der Waals surface area (Å²) in [5, 5.41) is 3.10. The second-order valence-electron chi connectivity index (χ2n) is 7.89. The molecule has 2 aliphatic rings. The van der Waals surface area contributed by atoms with Crippen LogP contribution in [0, 0.1) is 19.8 Å². The molecule has 2 aliphatic heterocycles. The van der Waals surface area contributed by atoms with Gasteiger partial charge in [-0.05, 0) is 75.7 Å². The molecule has 1 aromatic carbocycles. The molecule has 2 saturated heterocycles. The molecule has 0 aliphatic carbocycles. The fourth-order valence-electron chi connectivity index (χ4n) is 4.07. The number of hydrogen-bond acceptors (Lipinski definition) is 2. The van der Waals surface area contributed by atoms with Crippen LogP contribution in [0.25, 0.3) is 0 Å². The van der Waals surface area contributed by atoms with Gasteiger partial charge in [0.2, 0.25) is 0 Å². The maximum absolute atomic E-state index is 12.6. The molecule has 1 aromatic rings. The first-order chi connectivity index (χ1) is 12.1. The molecule has 25 heavy (non-hydrogen) atoms. The predicted molar refractivity (Wildman–Crippen MR) is 104 cm³/mol. The van der Waals surface area contributed by atoms with E-state index in [4.69, 9.17) is 0 Å². The van der Waals surface area contributed by atoms with Gasteiger partial charge in [-0.3, -0.25) is 0 Å². The summed E-state index contributed by atoms with van der Waals surface area (Å²) in [5.74, 6) is 0.753. The molecule has 0 bridgehead atoms. The number of aryl methyl sites for hydroxylation is 2. The van der Waals surface area contributed by atoms with Crippen LogP contribution in [0.3, 0.4) is 0 Å². The number of rotatable bonds is 3. The number of carbonyl (C=O) groups is 1. The van der Waals surface area contributed by atoms with E-state index in [1.54, 1.807) is 0 Å². The van der Waals surface area contributed by atoms with Gasteiger partial charge >= 0.3 is 6.03 Å². The van der Waals surface area contributed by atoms with Crippen molar-refractivity contribution in [1.82, 2.24) is 9.80 Å². The summed E-state index contributed by atoms with van der Waals surface area (Å²) in [7, 11) is 0. The number of piperidine rings is 1. The molecule has 2 fully saturated rings. The van der Waals surface area contributed by atoms with Gasteiger partial charge in [0.1, 0.15) is 0 Å². The van der Waals surface area contributed by atoms with Gasteiger partial charge in [0.25, 0.3) is 0 Å². The number of urea groups is 1. The quantitative estimate of drug-likeness (QED) is 0.881.